The normalized spacial score (nSPS) is 48.3. The van der Waals surface area contributed by atoms with Gasteiger partial charge in [0, 0.05) is 18.8 Å². The molecule has 0 aromatic carbocycles. The van der Waals surface area contributed by atoms with Gasteiger partial charge in [0.05, 0.1) is 6.10 Å². The van der Waals surface area contributed by atoms with Crippen LogP contribution in [0.15, 0.2) is 0 Å². The van der Waals surface area contributed by atoms with Crippen LogP contribution < -0.4 is 0 Å². The molecule has 4 heteroatoms. The average Bonchev–Trinajstić information content (AvgIpc) is 3.02. The van der Waals surface area contributed by atoms with Crippen molar-refractivity contribution in [1.82, 2.24) is 0 Å². The highest BCUT2D eigenvalue weighted by Gasteiger charge is 2.63. The van der Waals surface area contributed by atoms with Crippen molar-refractivity contribution in [3.05, 3.63) is 0 Å². The summed E-state index contributed by atoms with van der Waals surface area (Å²) < 4.78 is 5.86. The molecule has 4 aliphatic carbocycles. The number of hydrogen-bond donors (Lipinski definition) is 1. The maximum atomic E-state index is 12.3. The molecule has 0 heterocycles. The molecule has 4 nitrogen and oxygen atoms in total. The standard InChI is InChI=1S/C23H36O4.C2H6/c1-13(24)17-5-6-18-16-12-21(27-14(2)25)20-11-15(26)7-9-23(20,4)19(16)8-10-22(17,18)3;1-2/h15-21,26H,5-12H2,1-4H3;1-2H3/t15?,16?,17?,18?,19-,20?,21-,22?,23?;/m0./s1. The van der Waals surface area contributed by atoms with E-state index in [-0.39, 0.29) is 40.8 Å². The Balaban J connectivity index is 0.00000117. The second kappa shape index (κ2) is 8.32. The van der Waals surface area contributed by atoms with Crippen LogP contribution in [0, 0.1) is 40.4 Å². The molecule has 4 saturated carbocycles. The van der Waals surface area contributed by atoms with Gasteiger partial charge in [-0.2, -0.15) is 0 Å². The number of Topliss-reactive ketones (excluding diaryl/α,β-unsaturated/α-hetero) is 1. The third-order valence-electron chi connectivity index (χ3n) is 9.43. The first kappa shape index (κ1) is 22.8. The summed E-state index contributed by atoms with van der Waals surface area (Å²) in [6, 6.07) is 0. The molecular weight excluding hydrogens is 364 g/mol. The molecular formula is C25H42O4. The minimum atomic E-state index is -0.264. The first-order valence-electron chi connectivity index (χ1n) is 12.0. The highest BCUT2D eigenvalue weighted by molar-refractivity contribution is 5.79. The Morgan fingerprint density at radius 3 is 2.10 bits per heavy atom. The van der Waals surface area contributed by atoms with Crippen LogP contribution in [0.4, 0.5) is 0 Å². The van der Waals surface area contributed by atoms with Crippen molar-refractivity contribution in [2.45, 2.75) is 105 Å². The second-order valence-electron chi connectivity index (χ2n) is 10.6. The van der Waals surface area contributed by atoms with Gasteiger partial charge in [0.15, 0.2) is 0 Å². The zero-order valence-electron chi connectivity index (χ0n) is 19.4. The fourth-order valence-electron chi connectivity index (χ4n) is 8.26. The van der Waals surface area contributed by atoms with E-state index in [1.54, 1.807) is 6.92 Å². The van der Waals surface area contributed by atoms with Crippen LogP contribution in [0.2, 0.25) is 0 Å². The number of fused-ring (bicyclic) bond motifs is 5. The molecule has 166 valence electrons. The summed E-state index contributed by atoms with van der Waals surface area (Å²) in [6.07, 6.45) is 7.71. The van der Waals surface area contributed by atoms with E-state index in [9.17, 15) is 14.7 Å². The maximum Gasteiger partial charge on any atom is 0.302 e. The van der Waals surface area contributed by atoms with E-state index in [2.05, 4.69) is 13.8 Å². The van der Waals surface area contributed by atoms with Crippen LogP contribution in [-0.2, 0) is 14.3 Å². The third kappa shape index (κ3) is 3.68. The summed E-state index contributed by atoms with van der Waals surface area (Å²) in [5.74, 6) is 2.35. The number of carbonyl (C=O) groups excluding carboxylic acids is 2. The lowest BCUT2D eigenvalue weighted by Gasteiger charge is -2.62. The number of rotatable bonds is 2. The molecule has 0 aliphatic heterocycles. The van der Waals surface area contributed by atoms with Crippen LogP contribution in [0.5, 0.6) is 0 Å². The van der Waals surface area contributed by atoms with Crippen molar-refractivity contribution in [3.8, 4) is 0 Å². The van der Waals surface area contributed by atoms with Gasteiger partial charge in [-0.15, -0.1) is 0 Å². The molecule has 29 heavy (non-hydrogen) atoms. The van der Waals surface area contributed by atoms with Crippen molar-refractivity contribution in [2.24, 2.45) is 40.4 Å². The van der Waals surface area contributed by atoms with Crippen LogP contribution in [0.3, 0.4) is 0 Å². The van der Waals surface area contributed by atoms with E-state index in [4.69, 9.17) is 4.74 Å². The first-order chi connectivity index (χ1) is 13.7. The number of aliphatic hydroxyl groups is 1. The molecule has 0 aromatic heterocycles. The zero-order chi connectivity index (χ0) is 21.6. The van der Waals surface area contributed by atoms with E-state index in [1.807, 2.05) is 13.8 Å². The largest absolute Gasteiger partial charge is 0.462 e. The molecule has 9 atom stereocenters. The number of ketones is 1. The van der Waals surface area contributed by atoms with Gasteiger partial charge in [-0.25, -0.2) is 0 Å². The molecule has 4 aliphatic rings. The zero-order valence-corrected chi connectivity index (χ0v) is 19.4. The number of ether oxygens (including phenoxy) is 1. The fraction of sp³-hybridized carbons (Fsp3) is 0.920. The Kier molecular flexibility index (Phi) is 6.54. The second-order valence-corrected chi connectivity index (χ2v) is 10.6. The van der Waals surface area contributed by atoms with Crippen LogP contribution in [0.25, 0.3) is 0 Å². The Labute approximate surface area is 177 Å². The minimum absolute atomic E-state index is 0.0811. The summed E-state index contributed by atoms with van der Waals surface area (Å²) in [7, 11) is 0. The maximum absolute atomic E-state index is 12.3. The predicted octanol–water partition coefficient (Wildman–Crippen LogP) is 5.16. The smallest absolute Gasteiger partial charge is 0.302 e. The SMILES string of the molecule is CC.CC(=O)O[C@H]1CC2C3CCC(C(C)=O)C3(C)CC[C@@H]2C2(C)CCC(O)CC12. The Hall–Kier alpha value is -0.900. The third-order valence-corrected chi connectivity index (χ3v) is 9.43. The van der Waals surface area contributed by atoms with Gasteiger partial charge in [0.2, 0.25) is 0 Å². The average molecular weight is 407 g/mol. The number of carbonyl (C=O) groups is 2. The van der Waals surface area contributed by atoms with Crippen LogP contribution >= 0.6 is 0 Å². The van der Waals surface area contributed by atoms with Gasteiger partial charge in [-0.1, -0.05) is 27.7 Å². The minimum Gasteiger partial charge on any atom is -0.462 e. The van der Waals surface area contributed by atoms with Crippen LogP contribution in [-0.4, -0.2) is 29.1 Å². The van der Waals surface area contributed by atoms with Gasteiger partial charge in [-0.3, -0.25) is 9.59 Å². The predicted molar refractivity (Wildman–Crippen MR) is 114 cm³/mol. The summed E-state index contributed by atoms with van der Waals surface area (Å²) in [5, 5.41) is 10.3. The van der Waals surface area contributed by atoms with E-state index in [0.29, 0.717) is 23.5 Å². The summed E-state index contributed by atoms with van der Waals surface area (Å²) in [6.45, 7) is 12.0. The van der Waals surface area contributed by atoms with Crippen molar-refractivity contribution < 1.29 is 19.4 Å². The Morgan fingerprint density at radius 1 is 0.862 bits per heavy atom. The van der Waals surface area contributed by atoms with Crippen molar-refractivity contribution >= 4 is 11.8 Å². The molecule has 0 aromatic rings. The summed E-state index contributed by atoms with van der Waals surface area (Å²) in [4.78, 5) is 24.1. The molecule has 4 fully saturated rings. The molecule has 4 rings (SSSR count). The highest BCUT2D eigenvalue weighted by Crippen LogP contribution is 2.67. The van der Waals surface area contributed by atoms with Crippen molar-refractivity contribution in [3.63, 3.8) is 0 Å². The topological polar surface area (TPSA) is 63.6 Å². The first-order valence-corrected chi connectivity index (χ1v) is 12.0. The highest BCUT2D eigenvalue weighted by atomic mass is 16.5. The van der Waals surface area contributed by atoms with Gasteiger partial charge < -0.3 is 9.84 Å². The lowest BCUT2D eigenvalue weighted by Crippen LogP contribution is -2.59. The number of esters is 1. The van der Waals surface area contributed by atoms with E-state index >= 15 is 0 Å². The quantitative estimate of drug-likeness (QED) is 0.643. The van der Waals surface area contributed by atoms with E-state index in [0.717, 1.165) is 44.9 Å². The monoisotopic (exact) mass is 406 g/mol. The summed E-state index contributed by atoms with van der Waals surface area (Å²) >= 11 is 0. The van der Waals surface area contributed by atoms with E-state index in [1.165, 1.54) is 13.3 Å². The van der Waals surface area contributed by atoms with Crippen LogP contribution in [0.1, 0.15) is 92.9 Å². The Bertz CT molecular complexity index is 630. The Morgan fingerprint density at radius 2 is 1.48 bits per heavy atom. The molecule has 7 unspecified atom stereocenters. The molecule has 0 saturated heterocycles. The molecule has 0 radical (unpaired) electrons. The van der Waals surface area contributed by atoms with Gasteiger partial charge in [0.25, 0.3) is 0 Å². The number of hydrogen-bond acceptors (Lipinski definition) is 4. The molecule has 0 bridgehead atoms. The van der Waals surface area contributed by atoms with Crippen molar-refractivity contribution in [1.29, 1.82) is 0 Å². The van der Waals surface area contributed by atoms with Crippen molar-refractivity contribution in [2.75, 3.05) is 0 Å². The summed E-state index contributed by atoms with van der Waals surface area (Å²) in [5.41, 5.74) is 0.253. The lowest BCUT2D eigenvalue weighted by atomic mass is 9.44. The van der Waals surface area contributed by atoms with Gasteiger partial charge in [-0.05, 0) is 86.9 Å². The van der Waals surface area contributed by atoms with E-state index < -0.39 is 0 Å². The van der Waals surface area contributed by atoms with Gasteiger partial charge in [0.1, 0.15) is 11.9 Å². The molecule has 0 amide bonds. The molecule has 1 N–H and O–H groups in total. The lowest BCUT2D eigenvalue weighted by molar-refractivity contribution is -0.191. The van der Waals surface area contributed by atoms with Gasteiger partial charge >= 0.3 is 5.97 Å². The molecule has 0 spiro atoms. The number of aliphatic hydroxyl groups excluding tert-OH is 1. The fourth-order valence-corrected chi connectivity index (χ4v) is 8.26.